The summed E-state index contributed by atoms with van der Waals surface area (Å²) in [4.78, 5) is 25.5. The quantitative estimate of drug-likeness (QED) is 0.714. The molecule has 0 bridgehead atoms. The van der Waals surface area contributed by atoms with Crippen LogP contribution in [0, 0.1) is 11.8 Å². The highest BCUT2D eigenvalue weighted by Crippen LogP contribution is 2.40. The number of likely N-dealkylation sites (tertiary alicyclic amines) is 1. The zero-order valence-electron chi connectivity index (χ0n) is 18.4. The predicted molar refractivity (Wildman–Crippen MR) is 118 cm³/mol. The number of carboxylic acid groups (broad SMARTS) is 1. The second-order valence-corrected chi connectivity index (χ2v) is 9.65. The third-order valence-corrected chi connectivity index (χ3v) is 7.48. The van der Waals surface area contributed by atoms with Crippen molar-refractivity contribution >= 4 is 11.9 Å². The molecule has 1 aromatic carbocycles. The largest absolute Gasteiger partial charge is 0.476 e. The number of hydrogen-bond acceptors (Lipinski definition) is 4. The van der Waals surface area contributed by atoms with Gasteiger partial charge in [-0.15, -0.1) is 0 Å². The van der Waals surface area contributed by atoms with Gasteiger partial charge in [0.1, 0.15) is 6.54 Å². The summed E-state index contributed by atoms with van der Waals surface area (Å²) in [6.45, 7) is 2.27. The number of benzene rings is 1. The molecular formula is C25H31N3O4. The van der Waals surface area contributed by atoms with Crippen LogP contribution in [0.3, 0.4) is 0 Å². The van der Waals surface area contributed by atoms with Crippen molar-refractivity contribution in [1.29, 1.82) is 0 Å². The maximum absolute atomic E-state index is 12.6. The second-order valence-electron chi connectivity index (χ2n) is 9.65. The first-order valence-electron chi connectivity index (χ1n) is 11.8. The molecule has 0 spiro atoms. The number of fused-ring (bicyclic) bond motifs is 1. The molecule has 5 rings (SSSR count). The van der Waals surface area contributed by atoms with Crippen molar-refractivity contribution in [1.82, 2.24) is 14.7 Å². The number of carbonyl (C=O) groups excluding carboxylic acids is 1. The lowest BCUT2D eigenvalue weighted by Gasteiger charge is -2.20. The van der Waals surface area contributed by atoms with Gasteiger partial charge in [-0.1, -0.05) is 37.1 Å². The summed E-state index contributed by atoms with van der Waals surface area (Å²) in [7, 11) is 0. The Morgan fingerprint density at radius 3 is 2.53 bits per heavy atom. The molecule has 2 aromatic rings. The van der Waals surface area contributed by atoms with Crippen LogP contribution in [0.15, 0.2) is 36.5 Å². The lowest BCUT2D eigenvalue weighted by molar-refractivity contribution is -0.131. The molecule has 32 heavy (non-hydrogen) atoms. The van der Waals surface area contributed by atoms with Gasteiger partial charge < -0.3 is 14.7 Å². The summed E-state index contributed by atoms with van der Waals surface area (Å²) in [5.74, 6) is 0.618. The molecule has 7 nitrogen and oxygen atoms in total. The number of ether oxygens (including phenoxy) is 1. The number of aromatic carboxylic acids is 1. The van der Waals surface area contributed by atoms with E-state index in [1.807, 2.05) is 4.90 Å². The lowest BCUT2D eigenvalue weighted by Crippen LogP contribution is -2.33. The van der Waals surface area contributed by atoms with Gasteiger partial charge in [-0.2, -0.15) is 5.10 Å². The van der Waals surface area contributed by atoms with Crippen LogP contribution in [-0.4, -0.2) is 50.9 Å². The molecule has 3 aliphatic rings. The molecule has 1 unspecified atom stereocenters. The molecule has 1 N–H and O–H groups in total. The lowest BCUT2D eigenvalue weighted by atomic mass is 9.96. The standard InChI is InChI=1S/C25H31N3O4/c29-24(15-28-9-8-23(26-28)25(30)31)27-13-20-11-22(12-21(20)14-27)32-16-17-4-3-7-19(10-17)18-5-1-2-6-18/h3-4,7-10,18,20-22H,1-2,5-6,11-16H2,(H,30,31)/t20-,21+,22?. The van der Waals surface area contributed by atoms with Gasteiger partial charge in [-0.3, -0.25) is 9.48 Å². The normalized spacial score (nSPS) is 25.4. The minimum Gasteiger partial charge on any atom is -0.476 e. The van der Waals surface area contributed by atoms with Crippen molar-refractivity contribution in [3.63, 3.8) is 0 Å². The highest BCUT2D eigenvalue weighted by Gasteiger charge is 2.42. The second kappa shape index (κ2) is 9.06. The minimum atomic E-state index is -1.08. The van der Waals surface area contributed by atoms with E-state index in [-0.39, 0.29) is 24.2 Å². The summed E-state index contributed by atoms with van der Waals surface area (Å²) < 4.78 is 7.69. The third-order valence-electron chi connectivity index (χ3n) is 7.48. The monoisotopic (exact) mass is 437 g/mol. The molecule has 1 saturated heterocycles. The fourth-order valence-electron chi connectivity index (χ4n) is 5.80. The van der Waals surface area contributed by atoms with Gasteiger partial charge in [0.05, 0.1) is 12.7 Å². The van der Waals surface area contributed by atoms with Gasteiger partial charge in [0.2, 0.25) is 5.91 Å². The fraction of sp³-hybridized carbons (Fsp3) is 0.560. The topological polar surface area (TPSA) is 84.7 Å². The first kappa shape index (κ1) is 21.2. The number of nitrogens with zero attached hydrogens (tertiary/aromatic N) is 3. The van der Waals surface area contributed by atoms with Gasteiger partial charge in [0, 0.05) is 19.3 Å². The highest BCUT2D eigenvalue weighted by molar-refractivity contribution is 5.85. The van der Waals surface area contributed by atoms with Crippen molar-refractivity contribution < 1.29 is 19.4 Å². The Balaban J connectivity index is 1.09. The van der Waals surface area contributed by atoms with Crippen LogP contribution in [0.5, 0.6) is 0 Å². The SMILES string of the molecule is O=C(O)c1ccn(CC(=O)N2C[C@H]3CC(OCc4cccc(C5CCCC5)c4)C[C@H]3C2)n1. The van der Waals surface area contributed by atoms with E-state index >= 15 is 0 Å². The summed E-state index contributed by atoms with van der Waals surface area (Å²) in [6, 6.07) is 10.3. The number of aromatic nitrogens is 2. The molecular weight excluding hydrogens is 406 g/mol. The Morgan fingerprint density at radius 2 is 1.84 bits per heavy atom. The van der Waals surface area contributed by atoms with Crippen LogP contribution < -0.4 is 0 Å². The number of carbonyl (C=O) groups is 2. The smallest absolute Gasteiger partial charge is 0.356 e. The molecule has 0 radical (unpaired) electrons. The third kappa shape index (κ3) is 4.58. The van der Waals surface area contributed by atoms with Crippen molar-refractivity contribution in [3.05, 3.63) is 53.3 Å². The Labute approximate surface area is 188 Å². The minimum absolute atomic E-state index is 0.000588. The van der Waals surface area contributed by atoms with Crippen molar-refractivity contribution in [3.8, 4) is 0 Å². The van der Waals surface area contributed by atoms with Crippen LogP contribution in [-0.2, 0) is 22.7 Å². The Bertz CT molecular complexity index is 967. The van der Waals surface area contributed by atoms with Gasteiger partial charge in [0.15, 0.2) is 5.69 Å². The van der Waals surface area contributed by atoms with Gasteiger partial charge in [0.25, 0.3) is 0 Å². The first-order chi connectivity index (χ1) is 15.5. The van der Waals surface area contributed by atoms with Gasteiger partial charge in [-0.25, -0.2) is 4.79 Å². The van der Waals surface area contributed by atoms with Crippen molar-refractivity contribution in [2.24, 2.45) is 11.8 Å². The summed E-state index contributed by atoms with van der Waals surface area (Å²) >= 11 is 0. The van der Waals surface area contributed by atoms with E-state index in [4.69, 9.17) is 9.84 Å². The molecule has 3 fully saturated rings. The molecule has 7 heteroatoms. The zero-order valence-corrected chi connectivity index (χ0v) is 18.4. The maximum Gasteiger partial charge on any atom is 0.356 e. The van der Waals surface area contributed by atoms with E-state index in [1.165, 1.54) is 47.6 Å². The van der Waals surface area contributed by atoms with Crippen LogP contribution in [0.25, 0.3) is 0 Å². The average Bonchev–Trinajstić information content (AvgIpc) is 3.56. The number of carboxylic acids is 1. The maximum atomic E-state index is 12.6. The molecule has 1 aliphatic heterocycles. The molecule has 1 amide bonds. The van der Waals surface area contributed by atoms with E-state index in [0.717, 1.165) is 31.8 Å². The fourth-order valence-corrected chi connectivity index (χ4v) is 5.80. The number of hydrogen-bond donors (Lipinski definition) is 1. The van der Waals surface area contributed by atoms with E-state index in [0.29, 0.717) is 18.4 Å². The molecule has 3 atom stereocenters. The number of amides is 1. The van der Waals surface area contributed by atoms with Crippen LogP contribution in [0.4, 0.5) is 0 Å². The van der Waals surface area contributed by atoms with E-state index in [9.17, 15) is 9.59 Å². The predicted octanol–water partition coefficient (Wildman–Crippen LogP) is 3.69. The van der Waals surface area contributed by atoms with E-state index in [1.54, 1.807) is 6.20 Å². The van der Waals surface area contributed by atoms with Gasteiger partial charge >= 0.3 is 5.97 Å². The molecule has 170 valence electrons. The van der Waals surface area contributed by atoms with E-state index < -0.39 is 5.97 Å². The molecule has 2 aliphatic carbocycles. The zero-order chi connectivity index (χ0) is 22.1. The van der Waals surface area contributed by atoms with Crippen molar-refractivity contribution in [2.45, 2.75) is 63.7 Å². The van der Waals surface area contributed by atoms with Crippen LogP contribution in [0.2, 0.25) is 0 Å². The summed E-state index contributed by atoms with van der Waals surface area (Å²) in [5.41, 5.74) is 2.70. The Kier molecular flexibility index (Phi) is 6.00. The summed E-state index contributed by atoms with van der Waals surface area (Å²) in [5, 5.41) is 12.9. The number of rotatable bonds is 7. The highest BCUT2D eigenvalue weighted by atomic mass is 16.5. The first-order valence-corrected chi connectivity index (χ1v) is 11.8. The van der Waals surface area contributed by atoms with Crippen LogP contribution in [0.1, 0.15) is 66.1 Å². The average molecular weight is 438 g/mol. The van der Waals surface area contributed by atoms with E-state index in [2.05, 4.69) is 29.4 Å². The summed E-state index contributed by atoms with van der Waals surface area (Å²) in [6.07, 6.45) is 9.14. The molecule has 2 heterocycles. The van der Waals surface area contributed by atoms with Crippen LogP contribution >= 0.6 is 0 Å². The van der Waals surface area contributed by atoms with Crippen molar-refractivity contribution in [2.75, 3.05) is 13.1 Å². The Morgan fingerprint density at radius 1 is 1.09 bits per heavy atom. The molecule has 2 saturated carbocycles. The Hall–Kier alpha value is -2.67. The van der Waals surface area contributed by atoms with Gasteiger partial charge in [-0.05, 0) is 60.6 Å². The molecule has 1 aromatic heterocycles.